The van der Waals surface area contributed by atoms with Crippen molar-refractivity contribution in [1.29, 1.82) is 0 Å². The van der Waals surface area contributed by atoms with Gasteiger partial charge in [-0.3, -0.25) is 46.5 Å². The van der Waals surface area contributed by atoms with Crippen LogP contribution in [0, 0.1) is 0 Å². The van der Waals surface area contributed by atoms with Crippen LogP contribution in [0.2, 0.25) is 0 Å². The third-order valence-electron chi connectivity index (χ3n) is 13.9. The summed E-state index contributed by atoms with van der Waals surface area (Å²) in [6.07, 6.45) is -9.87. The first-order valence-corrected chi connectivity index (χ1v) is 31.7. The van der Waals surface area contributed by atoms with Crippen LogP contribution in [0.5, 0.6) is 0 Å². The molecule has 0 aromatic heterocycles. The molecule has 1 aliphatic rings. The Morgan fingerprint density at radius 3 is 0.782 bits per heavy atom. The molecular weight excluding hydrogens is 1170 g/mol. The van der Waals surface area contributed by atoms with Crippen molar-refractivity contribution in [2.24, 2.45) is 0 Å². The fourth-order valence-corrected chi connectivity index (χ4v) is 13.1. The monoisotopic (exact) mass is 1240 g/mol. The molecule has 9 aromatic rings. The molecule has 0 bridgehead atoms. The molecule has 0 radical (unpaired) electrons. The summed E-state index contributed by atoms with van der Waals surface area (Å²) in [6, 6.07) is 74.1. The highest BCUT2D eigenvalue weighted by atomic mass is 31.2. The number of para-hydroxylation sites is 6. The SMILES string of the molecule is O=P(ONc1ccccc1)(ONc1ccccc1)O[C@@H]1[C@@H](OP(=O)(ONc2ccccc2)ONc2ccccc2)[C@@](O)(Cc2ccccc2)[C@@](O)(Cc2ccccc2)[C@H](OP(=O)(ONc2ccccc2)ONc2ccccc2)[C@]1(O)Cc1ccccc1. The number of anilines is 6. The lowest BCUT2D eigenvalue weighted by molar-refractivity contribution is -0.331. The van der Waals surface area contributed by atoms with Crippen molar-refractivity contribution in [2.45, 2.75) is 54.4 Å². The number of rotatable bonds is 30. The van der Waals surface area contributed by atoms with Crippen LogP contribution in [-0.4, -0.2) is 50.4 Å². The Kier molecular flexibility index (Phi) is 20.4. The van der Waals surface area contributed by atoms with Crippen LogP contribution < -0.4 is 32.9 Å². The predicted octanol–water partition coefficient (Wildman–Crippen LogP) is 13.7. The van der Waals surface area contributed by atoms with E-state index in [1.807, 2.05) is 0 Å². The number of hydrogen-bond acceptors (Lipinski definition) is 21. The number of nitrogens with one attached hydrogen (secondary N) is 6. The Bertz CT molecular complexity index is 3550. The number of aliphatic hydroxyl groups is 3. The van der Waals surface area contributed by atoms with Gasteiger partial charge in [-0.1, -0.05) is 200 Å². The fraction of sp³-hybridized carbons (Fsp3) is 0.143. The van der Waals surface area contributed by atoms with Gasteiger partial charge in [0, 0.05) is 19.3 Å². The molecule has 0 spiro atoms. The van der Waals surface area contributed by atoms with Crippen molar-refractivity contribution in [2.75, 3.05) is 32.9 Å². The van der Waals surface area contributed by atoms with E-state index in [0.717, 1.165) is 0 Å². The summed E-state index contributed by atoms with van der Waals surface area (Å²) in [5.41, 5.74) is 8.53. The maximum absolute atomic E-state index is 16.2. The van der Waals surface area contributed by atoms with Crippen LogP contribution in [0.3, 0.4) is 0 Å². The van der Waals surface area contributed by atoms with E-state index >= 15 is 13.7 Å². The molecule has 0 aliphatic heterocycles. The second-order valence-corrected chi connectivity index (χ2v) is 24.5. The molecular formula is C63H63N6O15P3. The van der Waals surface area contributed by atoms with Crippen LogP contribution in [0.15, 0.2) is 273 Å². The lowest BCUT2D eigenvalue weighted by Crippen LogP contribution is -2.84. The van der Waals surface area contributed by atoms with Gasteiger partial charge < -0.3 is 15.3 Å². The first kappa shape index (κ1) is 62.1. The van der Waals surface area contributed by atoms with E-state index in [1.165, 1.54) is 0 Å². The minimum atomic E-state index is -5.53. The van der Waals surface area contributed by atoms with Gasteiger partial charge in [0.25, 0.3) is 0 Å². The van der Waals surface area contributed by atoms with Gasteiger partial charge in [0.15, 0.2) is 0 Å². The van der Waals surface area contributed by atoms with Crippen LogP contribution in [0.1, 0.15) is 16.7 Å². The maximum atomic E-state index is 16.2. The normalized spacial score (nSPS) is 20.4. The molecule has 0 saturated heterocycles. The van der Waals surface area contributed by atoms with Crippen LogP contribution in [0.25, 0.3) is 0 Å². The average Bonchev–Trinajstić information content (AvgIpc) is 0.705. The van der Waals surface area contributed by atoms with Crippen LogP contribution in [0.4, 0.5) is 34.1 Å². The summed E-state index contributed by atoms with van der Waals surface area (Å²) in [6.45, 7) is 0. The number of benzene rings is 9. The van der Waals surface area contributed by atoms with Crippen molar-refractivity contribution < 1.29 is 70.3 Å². The molecule has 10 rings (SSSR count). The molecule has 87 heavy (non-hydrogen) atoms. The first-order chi connectivity index (χ1) is 42.2. The van der Waals surface area contributed by atoms with Crippen LogP contribution in [-0.2, 0) is 74.3 Å². The van der Waals surface area contributed by atoms with E-state index in [9.17, 15) is 15.3 Å². The zero-order valence-corrected chi connectivity index (χ0v) is 49.1. The van der Waals surface area contributed by atoms with E-state index in [4.69, 9.17) is 41.3 Å². The molecule has 9 N–H and O–H groups in total. The zero-order valence-electron chi connectivity index (χ0n) is 46.4. The second-order valence-electron chi connectivity index (χ2n) is 20.1. The number of hydrogen-bond donors (Lipinski definition) is 9. The van der Waals surface area contributed by atoms with Crippen molar-refractivity contribution >= 4 is 57.6 Å². The van der Waals surface area contributed by atoms with Gasteiger partial charge in [0.1, 0.15) is 35.1 Å². The fourth-order valence-electron chi connectivity index (χ4n) is 9.73. The van der Waals surface area contributed by atoms with E-state index in [0.29, 0.717) is 5.56 Å². The third kappa shape index (κ3) is 16.1. The Hall–Kier alpha value is -8.01. The lowest BCUT2D eigenvalue weighted by Gasteiger charge is -2.62. The summed E-state index contributed by atoms with van der Waals surface area (Å²) >= 11 is 0. The molecule has 0 unspecified atom stereocenters. The minimum absolute atomic E-state index is 0.233. The first-order valence-electron chi connectivity index (χ1n) is 27.3. The summed E-state index contributed by atoms with van der Waals surface area (Å²) in [7, 11) is -16.5. The van der Waals surface area contributed by atoms with E-state index in [-0.39, 0.29) is 45.3 Å². The quantitative estimate of drug-likeness (QED) is 0.0150. The van der Waals surface area contributed by atoms with Crippen molar-refractivity contribution in [3.05, 3.63) is 290 Å². The summed E-state index contributed by atoms with van der Waals surface area (Å²) in [5.74, 6) is 0. The van der Waals surface area contributed by atoms with Gasteiger partial charge in [-0.15, -0.1) is 0 Å². The zero-order chi connectivity index (χ0) is 60.5. The van der Waals surface area contributed by atoms with Crippen molar-refractivity contribution in [3.8, 4) is 0 Å². The van der Waals surface area contributed by atoms with Gasteiger partial charge in [-0.25, -0.2) is 13.7 Å². The highest BCUT2D eigenvalue weighted by molar-refractivity contribution is 7.49. The van der Waals surface area contributed by atoms with E-state index < -0.39 is 77.8 Å². The van der Waals surface area contributed by atoms with Crippen molar-refractivity contribution in [3.63, 3.8) is 0 Å². The topological polar surface area (TPSA) is 267 Å². The van der Waals surface area contributed by atoms with E-state index in [1.54, 1.807) is 273 Å². The molecule has 1 aliphatic carbocycles. The molecule has 6 atom stereocenters. The lowest BCUT2D eigenvalue weighted by atomic mass is 9.56. The van der Waals surface area contributed by atoms with Crippen molar-refractivity contribution in [1.82, 2.24) is 0 Å². The van der Waals surface area contributed by atoms with E-state index in [2.05, 4.69) is 32.9 Å². The number of phosphoric acid groups is 3. The van der Waals surface area contributed by atoms with Gasteiger partial charge >= 0.3 is 23.5 Å². The molecule has 450 valence electrons. The largest absolute Gasteiger partial charge is 0.518 e. The summed E-state index contributed by atoms with van der Waals surface area (Å²) < 4.78 is 105. The minimum Gasteiger partial charge on any atom is -0.384 e. The smallest absolute Gasteiger partial charge is 0.384 e. The summed E-state index contributed by atoms with van der Waals surface area (Å²) in [4.78, 5) is 0. The highest BCUT2D eigenvalue weighted by Crippen LogP contribution is 2.64. The summed E-state index contributed by atoms with van der Waals surface area (Å²) in [5, 5.41) is 44.2. The molecule has 0 heterocycles. The second kappa shape index (κ2) is 28.7. The molecule has 1 saturated carbocycles. The average molecular weight is 1240 g/mol. The molecule has 9 aromatic carbocycles. The van der Waals surface area contributed by atoms with Gasteiger partial charge in [0.2, 0.25) is 0 Å². The predicted molar refractivity (Wildman–Crippen MR) is 330 cm³/mol. The van der Waals surface area contributed by atoms with Gasteiger partial charge in [-0.2, -0.15) is 27.7 Å². The molecule has 1 fully saturated rings. The highest BCUT2D eigenvalue weighted by Gasteiger charge is 2.76. The Morgan fingerprint density at radius 2 is 0.506 bits per heavy atom. The molecule has 24 heteroatoms. The standard InChI is InChI=1S/C63H63N6O15P3/c70-61(46-49-28-10-1-11-29-49)58(76-85(73,79-64-52-34-16-4-17-35-52)80-65-53-36-18-5-19-37-53)59(77-86(74,81-66-54-38-20-6-21-39-54)82-67-55-40-22-7-23-41-55)62(71,47-50-30-12-2-13-31-50)63(72,48-51-32-14-3-15-33-51)60(61)78-87(75,83-68-56-42-24-8-25-43-56)84-69-57-44-26-9-27-45-57/h1-45,58-60,64-72H,46-48H2/t58-,59-,60-,61+,62+,63-/m1/s1. The van der Waals surface area contributed by atoms with Gasteiger partial charge in [0.05, 0.1) is 34.1 Å². The van der Waals surface area contributed by atoms with Gasteiger partial charge in [-0.05, 0) is 89.5 Å². The third-order valence-corrected chi connectivity index (χ3v) is 17.2. The Morgan fingerprint density at radius 1 is 0.287 bits per heavy atom. The molecule has 0 amide bonds. The Labute approximate surface area is 502 Å². The van der Waals surface area contributed by atoms with Crippen LogP contribution >= 0.6 is 23.5 Å². The molecule has 21 nitrogen and oxygen atoms in total. The Balaban J connectivity index is 1.24. The maximum Gasteiger partial charge on any atom is 0.518 e.